The zero-order valence-electron chi connectivity index (χ0n) is 12.1. The molecule has 0 aromatic heterocycles. The van der Waals surface area contributed by atoms with Crippen LogP contribution in [-0.4, -0.2) is 23.7 Å². The molecule has 0 aliphatic carbocycles. The van der Waals surface area contributed by atoms with Crippen LogP contribution in [-0.2, 0) is 11.3 Å². The van der Waals surface area contributed by atoms with Crippen LogP contribution in [0.25, 0.3) is 0 Å². The van der Waals surface area contributed by atoms with Gasteiger partial charge in [-0.15, -0.1) is 0 Å². The summed E-state index contributed by atoms with van der Waals surface area (Å²) in [6, 6.07) is 5.73. The summed E-state index contributed by atoms with van der Waals surface area (Å²) in [5, 5.41) is 13.9. The predicted molar refractivity (Wildman–Crippen MR) is 77.3 cm³/mol. The molecule has 0 fully saturated rings. The minimum atomic E-state index is -0.803. The van der Waals surface area contributed by atoms with Crippen LogP contribution in [0.1, 0.15) is 31.7 Å². The SMILES string of the molecule is CC(CCNC(=O)NCc1cccc(F)c1)CCC(=O)O. The van der Waals surface area contributed by atoms with Crippen molar-refractivity contribution >= 4 is 12.0 Å². The first-order valence-corrected chi connectivity index (χ1v) is 6.95. The molecule has 6 heteroatoms. The van der Waals surface area contributed by atoms with Crippen LogP contribution in [0.5, 0.6) is 0 Å². The molecule has 0 heterocycles. The highest BCUT2D eigenvalue weighted by Crippen LogP contribution is 2.09. The molecule has 1 aromatic carbocycles. The lowest BCUT2D eigenvalue weighted by Crippen LogP contribution is -2.36. The number of amides is 2. The van der Waals surface area contributed by atoms with Gasteiger partial charge in [0.25, 0.3) is 0 Å². The molecular formula is C15H21FN2O3. The molecule has 0 radical (unpaired) electrons. The van der Waals surface area contributed by atoms with Gasteiger partial charge < -0.3 is 15.7 Å². The lowest BCUT2D eigenvalue weighted by atomic mass is 10.0. The molecule has 0 saturated heterocycles. The van der Waals surface area contributed by atoms with Crippen LogP contribution in [0, 0.1) is 11.7 Å². The number of carboxylic acids is 1. The molecule has 1 unspecified atom stereocenters. The molecule has 3 N–H and O–H groups in total. The first kappa shape index (κ1) is 16.9. The van der Waals surface area contributed by atoms with Gasteiger partial charge in [-0.25, -0.2) is 9.18 Å². The topological polar surface area (TPSA) is 78.4 Å². The molecule has 1 atom stereocenters. The monoisotopic (exact) mass is 296 g/mol. The summed E-state index contributed by atoms with van der Waals surface area (Å²) >= 11 is 0. The van der Waals surface area contributed by atoms with E-state index in [-0.39, 0.29) is 30.7 Å². The number of aliphatic carboxylic acids is 1. The van der Waals surface area contributed by atoms with Crippen molar-refractivity contribution in [3.05, 3.63) is 35.6 Å². The first-order valence-electron chi connectivity index (χ1n) is 6.95. The molecule has 1 rings (SSSR count). The third-order valence-electron chi connectivity index (χ3n) is 3.12. The molecule has 0 spiro atoms. The van der Waals surface area contributed by atoms with E-state index in [0.29, 0.717) is 18.5 Å². The maximum atomic E-state index is 12.9. The van der Waals surface area contributed by atoms with Gasteiger partial charge in [-0.1, -0.05) is 19.1 Å². The zero-order chi connectivity index (χ0) is 15.7. The third-order valence-corrected chi connectivity index (χ3v) is 3.12. The van der Waals surface area contributed by atoms with Gasteiger partial charge in [0.1, 0.15) is 5.82 Å². The van der Waals surface area contributed by atoms with Crippen molar-refractivity contribution in [1.82, 2.24) is 10.6 Å². The van der Waals surface area contributed by atoms with E-state index in [1.54, 1.807) is 12.1 Å². The Hall–Kier alpha value is -2.11. The van der Waals surface area contributed by atoms with Crippen molar-refractivity contribution < 1.29 is 19.1 Å². The number of nitrogens with one attached hydrogen (secondary N) is 2. The van der Waals surface area contributed by atoms with Gasteiger partial charge in [-0.3, -0.25) is 4.79 Å². The van der Waals surface area contributed by atoms with Crippen LogP contribution in [0.15, 0.2) is 24.3 Å². The fourth-order valence-electron chi connectivity index (χ4n) is 1.84. The number of carbonyl (C=O) groups excluding carboxylic acids is 1. The van der Waals surface area contributed by atoms with Crippen molar-refractivity contribution in [2.45, 2.75) is 32.7 Å². The second-order valence-corrected chi connectivity index (χ2v) is 5.07. The Morgan fingerprint density at radius 2 is 2.05 bits per heavy atom. The largest absolute Gasteiger partial charge is 0.481 e. The fourth-order valence-corrected chi connectivity index (χ4v) is 1.84. The summed E-state index contributed by atoms with van der Waals surface area (Å²) in [5.74, 6) is -0.894. The van der Waals surface area contributed by atoms with Crippen molar-refractivity contribution in [2.24, 2.45) is 5.92 Å². The molecule has 0 bridgehead atoms. The van der Waals surface area contributed by atoms with Gasteiger partial charge >= 0.3 is 12.0 Å². The van der Waals surface area contributed by atoms with Gasteiger partial charge in [0.15, 0.2) is 0 Å². The molecule has 0 aliphatic heterocycles. The highest BCUT2D eigenvalue weighted by molar-refractivity contribution is 5.73. The molecule has 0 aliphatic rings. The number of carboxylic acid groups (broad SMARTS) is 1. The normalized spacial score (nSPS) is 11.7. The number of hydrogen-bond donors (Lipinski definition) is 3. The lowest BCUT2D eigenvalue weighted by molar-refractivity contribution is -0.137. The number of rotatable bonds is 8. The van der Waals surface area contributed by atoms with Crippen LogP contribution < -0.4 is 10.6 Å². The zero-order valence-corrected chi connectivity index (χ0v) is 12.1. The molecular weight excluding hydrogens is 275 g/mol. The second-order valence-electron chi connectivity index (χ2n) is 5.07. The molecule has 1 aromatic rings. The van der Waals surface area contributed by atoms with Crippen molar-refractivity contribution in [3.63, 3.8) is 0 Å². The minimum Gasteiger partial charge on any atom is -0.481 e. The van der Waals surface area contributed by atoms with E-state index < -0.39 is 5.97 Å². The highest BCUT2D eigenvalue weighted by atomic mass is 19.1. The van der Waals surface area contributed by atoms with E-state index >= 15 is 0 Å². The average molecular weight is 296 g/mol. The van der Waals surface area contributed by atoms with Crippen molar-refractivity contribution in [1.29, 1.82) is 0 Å². The van der Waals surface area contributed by atoms with Crippen LogP contribution in [0.3, 0.4) is 0 Å². The molecule has 0 saturated carbocycles. The van der Waals surface area contributed by atoms with Gasteiger partial charge in [-0.05, 0) is 36.5 Å². The Bertz CT molecular complexity index is 480. The van der Waals surface area contributed by atoms with Gasteiger partial charge in [0.05, 0.1) is 0 Å². The summed E-state index contributed by atoms with van der Waals surface area (Å²) in [5.41, 5.74) is 0.694. The van der Waals surface area contributed by atoms with Crippen molar-refractivity contribution in [2.75, 3.05) is 6.54 Å². The second kappa shape index (κ2) is 8.94. The number of halogens is 1. The summed E-state index contributed by atoms with van der Waals surface area (Å²) in [6.07, 6.45) is 1.47. The molecule has 116 valence electrons. The van der Waals surface area contributed by atoms with Crippen LogP contribution in [0.2, 0.25) is 0 Å². The summed E-state index contributed by atoms with van der Waals surface area (Å²) in [6.45, 7) is 2.70. The standard InChI is InChI=1S/C15H21FN2O3/c1-11(5-6-14(19)20)7-8-17-15(21)18-10-12-3-2-4-13(16)9-12/h2-4,9,11H,5-8,10H2,1H3,(H,19,20)(H2,17,18,21). The Morgan fingerprint density at radius 1 is 1.29 bits per heavy atom. The summed E-state index contributed by atoms with van der Waals surface area (Å²) in [4.78, 5) is 22.0. The number of urea groups is 1. The van der Waals surface area contributed by atoms with E-state index in [1.807, 2.05) is 6.92 Å². The Kier molecular flexibility index (Phi) is 7.21. The van der Waals surface area contributed by atoms with Gasteiger partial charge in [0, 0.05) is 19.5 Å². The summed E-state index contributed by atoms with van der Waals surface area (Å²) in [7, 11) is 0. The van der Waals surface area contributed by atoms with E-state index in [1.165, 1.54) is 12.1 Å². The Morgan fingerprint density at radius 3 is 2.71 bits per heavy atom. The van der Waals surface area contributed by atoms with Crippen LogP contribution >= 0.6 is 0 Å². The minimum absolute atomic E-state index is 0.146. The quantitative estimate of drug-likeness (QED) is 0.689. The number of benzene rings is 1. The first-order chi connectivity index (χ1) is 9.97. The lowest BCUT2D eigenvalue weighted by Gasteiger charge is -2.11. The maximum Gasteiger partial charge on any atom is 0.315 e. The molecule has 21 heavy (non-hydrogen) atoms. The number of carbonyl (C=O) groups is 2. The van der Waals surface area contributed by atoms with Gasteiger partial charge in [-0.2, -0.15) is 0 Å². The molecule has 5 nitrogen and oxygen atoms in total. The predicted octanol–water partition coefficient (Wildman–Crippen LogP) is 2.52. The fraction of sp³-hybridized carbons (Fsp3) is 0.467. The number of hydrogen-bond acceptors (Lipinski definition) is 2. The van der Waals surface area contributed by atoms with E-state index in [2.05, 4.69) is 10.6 Å². The average Bonchev–Trinajstić information content (AvgIpc) is 2.43. The smallest absolute Gasteiger partial charge is 0.315 e. The third kappa shape index (κ3) is 7.91. The van der Waals surface area contributed by atoms with E-state index in [9.17, 15) is 14.0 Å². The highest BCUT2D eigenvalue weighted by Gasteiger charge is 2.06. The summed E-state index contributed by atoms with van der Waals surface area (Å²) < 4.78 is 12.9. The van der Waals surface area contributed by atoms with Crippen molar-refractivity contribution in [3.8, 4) is 0 Å². The van der Waals surface area contributed by atoms with E-state index in [0.717, 1.165) is 6.42 Å². The molecule has 2 amide bonds. The maximum absolute atomic E-state index is 12.9. The van der Waals surface area contributed by atoms with Gasteiger partial charge in [0.2, 0.25) is 0 Å². The Labute approximate surface area is 123 Å². The van der Waals surface area contributed by atoms with E-state index in [4.69, 9.17) is 5.11 Å². The Balaban J connectivity index is 2.15. The van der Waals surface area contributed by atoms with Crippen LogP contribution in [0.4, 0.5) is 9.18 Å².